The predicted molar refractivity (Wildman–Crippen MR) is 96.1 cm³/mol. The Hall–Kier alpha value is -2.84. The summed E-state index contributed by atoms with van der Waals surface area (Å²) in [6.45, 7) is 2.64. The van der Waals surface area contributed by atoms with Crippen molar-refractivity contribution < 1.29 is 23.6 Å². The summed E-state index contributed by atoms with van der Waals surface area (Å²) in [5, 5.41) is 3.56. The monoisotopic (exact) mass is 388 g/mol. The first-order valence-corrected chi connectivity index (χ1v) is 9.65. The molecule has 1 aromatic rings. The Bertz CT molecular complexity index is 797. The molecule has 0 bridgehead atoms. The second-order valence-corrected chi connectivity index (χ2v) is 8.07. The molecule has 3 heterocycles. The number of hydrogen-bond donors (Lipinski definition) is 2. The first kappa shape index (κ1) is 18.5. The minimum absolute atomic E-state index is 0.0405. The fraction of sp³-hybridized carbons (Fsp3) is 0.579. The smallest absolute Gasteiger partial charge is 0.344 e. The Labute approximate surface area is 162 Å². The molecule has 150 valence electrons. The van der Waals surface area contributed by atoms with E-state index in [1.807, 2.05) is 0 Å². The van der Waals surface area contributed by atoms with E-state index in [4.69, 9.17) is 4.42 Å². The molecule has 4 rings (SSSR count). The molecule has 1 spiro atoms. The third-order valence-corrected chi connectivity index (χ3v) is 6.02. The van der Waals surface area contributed by atoms with Crippen LogP contribution in [0, 0.1) is 11.8 Å². The maximum absolute atomic E-state index is 12.8. The fourth-order valence-electron chi connectivity index (χ4n) is 4.21. The molecule has 2 saturated heterocycles. The van der Waals surface area contributed by atoms with Crippen molar-refractivity contribution in [3.05, 3.63) is 24.2 Å². The Morgan fingerprint density at radius 3 is 2.75 bits per heavy atom. The quantitative estimate of drug-likeness (QED) is 0.752. The Kier molecular flexibility index (Phi) is 4.60. The van der Waals surface area contributed by atoms with E-state index in [9.17, 15) is 19.2 Å². The van der Waals surface area contributed by atoms with E-state index in [2.05, 4.69) is 17.7 Å². The van der Waals surface area contributed by atoms with Crippen LogP contribution < -0.4 is 10.7 Å². The summed E-state index contributed by atoms with van der Waals surface area (Å²) in [6, 6.07) is 2.89. The van der Waals surface area contributed by atoms with Crippen molar-refractivity contribution >= 4 is 23.8 Å². The summed E-state index contributed by atoms with van der Waals surface area (Å²) in [7, 11) is 0. The number of carbonyl (C=O) groups is 4. The van der Waals surface area contributed by atoms with Gasteiger partial charge in [-0.25, -0.2) is 4.79 Å². The number of nitrogens with zero attached hydrogens (tertiary/aromatic N) is 2. The van der Waals surface area contributed by atoms with Crippen LogP contribution in [-0.4, -0.2) is 45.7 Å². The van der Waals surface area contributed by atoms with Gasteiger partial charge in [-0.05, 0) is 43.7 Å². The number of rotatable bonds is 4. The van der Waals surface area contributed by atoms with Crippen LogP contribution in [0.25, 0.3) is 0 Å². The van der Waals surface area contributed by atoms with Gasteiger partial charge in [0.25, 0.3) is 5.91 Å². The van der Waals surface area contributed by atoms with E-state index in [1.165, 1.54) is 6.26 Å². The highest BCUT2D eigenvalue weighted by Crippen LogP contribution is 2.36. The average Bonchev–Trinajstić information content (AvgIpc) is 3.36. The Morgan fingerprint density at radius 1 is 1.32 bits per heavy atom. The van der Waals surface area contributed by atoms with Crippen molar-refractivity contribution in [2.24, 2.45) is 11.8 Å². The summed E-state index contributed by atoms with van der Waals surface area (Å²) >= 11 is 0. The number of hydrogen-bond acceptors (Lipinski definition) is 5. The van der Waals surface area contributed by atoms with Crippen LogP contribution in [0.4, 0.5) is 4.79 Å². The molecule has 5 amide bonds. The minimum atomic E-state index is -0.909. The van der Waals surface area contributed by atoms with Crippen molar-refractivity contribution in [2.45, 2.75) is 51.1 Å². The molecule has 0 radical (unpaired) electrons. The minimum Gasteiger partial charge on any atom is -0.467 e. The molecular formula is C19H24N4O5. The van der Waals surface area contributed by atoms with E-state index in [-0.39, 0.29) is 18.9 Å². The van der Waals surface area contributed by atoms with E-state index >= 15 is 0 Å². The van der Waals surface area contributed by atoms with Crippen LogP contribution in [0.5, 0.6) is 0 Å². The average molecular weight is 388 g/mol. The number of urea groups is 1. The van der Waals surface area contributed by atoms with Crippen LogP contribution in [0.1, 0.15) is 44.8 Å². The maximum atomic E-state index is 12.8. The van der Waals surface area contributed by atoms with Gasteiger partial charge in [0, 0.05) is 13.0 Å². The van der Waals surface area contributed by atoms with Gasteiger partial charge in [-0.1, -0.05) is 6.92 Å². The Morgan fingerprint density at radius 2 is 2.07 bits per heavy atom. The zero-order valence-electron chi connectivity index (χ0n) is 15.8. The molecule has 0 aromatic carbocycles. The highest BCUT2D eigenvalue weighted by molar-refractivity contribution is 6.08. The molecule has 1 aromatic heterocycles. The summed E-state index contributed by atoms with van der Waals surface area (Å²) < 4.78 is 5.25. The van der Waals surface area contributed by atoms with Crippen LogP contribution >= 0.6 is 0 Å². The normalized spacial score (nSPS) is 30.2. The molecule has 2 N–H and O–H groups in total. The Balaban J connectivity index is 1.38. The van der Waals surface area contributed by atoms with Crippen LogP contribution in [0.3, 0.4) is 0 Å². The third-order valence-electron chi connectivity index (χ3n) is 6.02. The van der Waals surface area contributed by atoms with E-state index in [1.54, 1.807) is 17.0 Å². The van der Waals surface area contributed by atoms with Gasteiger partial charge >= 0.3 is 6.03 Å². The summed E-state index contributed by atoms with van der Waals surface area (Å²) in [5.74, 6) is -0.535. The molecule has 3 aliphatic rings. The number of imide groups is 1. The van der Waals surface area contributed by atoms with Gasteiger partial charge in [-0.15, -0.1) is 0 Å². The molecule has 1 atom stereocenters. The van der Waals surface area contributed by atoms with Gasteiger partial charge in [-0.2, -0.15) is 5.01 Å². The van der Waals surface area contributed by atoms with Crippen molar-refractivity contribution in [3.8, 4) is 0 Å². The maximum Gasteiger partial charge on any atom is 0.344 e. The number of nitrogens with one attached hydrogen (secondary N) is 2. The number of hydrazine groups is 1. The van der Waals surface area contributed by atoms with Crippen LogP contribution in [0.2, 0.25) is 0 Å². The molecule has 9 nitrogen and oxygen atoms in total. The van der Waals surface area contributed by atoms with Gasteiger partial charge in [0.05, 0.1) is 18.7 Å². The lowest BCUT2D eigenvalue weighted by Crippen LogP contribution is -2.52. The van der Waals surface area contributed by atoms with Gasteiger partial charge in [0.1, 0.15) is 11.3 Å². The van der Waals surface area contributed by atoms with E-state index in [0.29, 0.717) is 31.1 Å². The molecular weight excluding hydrogens is 364 g/mol. The first-order valence-electron chi connectivity index (χ1n) is 9.65. The lowest BCUT2D eigenvalue weighted by Gasteiger charge is -2.33. The fourth-order valence-corrected chi connectivity index (χ4v) is 4.21. The molecule has 2 aliphatic heterocycles. The second kappa shape index (κ2) is 6.96. The number of amides is 5. The van der Waals surface area contributed by atoms with Crippen LogP contribution in [-0.2, 0) is 20.9 Å². The lowest BCUT2D eigenvalue weighted by molar-refractivity contribution is -0.141. The van der Waals surface area contributed by atoms with Crippen molar-refractivity contribution in [1.29, 1.82) is 0 Å². The van der Waals surface area contributed by atoms with E-state index < -0.39 is 29.3 Å². The first-order chi connectivity index (χ1) is 13.4. The molecule has 1 aliphatic carbocycles. The predicted octanol–water partition coefficient (Wildman–Crippen LogP) is 1.16. The van der Waals surface area contributed by atoms with Gasteiger partial charge in [0.15, 0.2) is 0 Å². The largest absolute Gasteiger partial charge is 0.467 e. The SMILES string of the molecule is CC1CCC2(CC1)NC(=O)N(NC(=O)C1CC(=O)N(Cc3ccco3)C1)C2=O. The molecule has 9 heteroatoms. The van der Waals surface area contributed by atoms with E-state index in [0.717, 1.165) is 17.9 Å². The van der Waals surface area contributed by atoms with Gasteiger partial charge in [-0.3, -0.25) is 19.8 Å². The van der Waals surface area contributed by atoms with Crippen LogP contribution in [0.15, 0.2) is 22.8 Å². The highest BCUT2D eigenvalue weighted by atomic mass is 16.3. The molecule has 1 unspecified atom stereocenters. The number of furan rings is 1. The lowest BCUT2D eigenvalue weighted by atomic mass is 9.77. The molecule has 28 heavy (non-hydrogen) atoms. The standard InChI is InChI=1S/C19H24N4O5/c1-12-4-6-19(7-5-12)17(26)23(18(27)20-19)21-16(25)13-9-15(24)22(10-13)11-14-3-2-8-28-14/h2-3,8,12-13H,4-7,9-11H2,1H3,(H,20,27)(H,21,25). The zero-order chi connectivity index (χ0) is 19.9. The topological polar surface area (TPSA) is 112 Å². The molecule has 1 saturated carbocycles. The van der Waals surface area contributed by atoms with Gasteiger partial charge < -0.3 is 14.6 Å². The van der Waals surface area contributed by atoms with Crippen molar-refractivity contribution in [2.75, 3.05) is 6.54 Å². The van der Waals surface area contributed by atoms with Crippen molar-refractivity contribution in [3.63, 3.8) is 0 Å². The van der Waals surface area contributed by atoms with Gasteiger partial charge in [0.2, 0.25) is 11.8 Å². The molecule has 3 fully saturated rings. The summed E-state index contributed by atoms with van der Waals surface area (Å²) in [4.78, 5) is 51.5. The highest BCUT2D eigenvalue weighted by Gasteiger charge is 2.53. The second-order valence-electron chi connectivity index (χ2n) is 8.07. The third kappa shape index (κ3) is 3.25. The number of carbonyl (C=O) groups excluding carboxylic acids is 4. The summed E-state index contributed by atoms with van der Waals surface area (Å²) in [6.07, 6.45) is 4.42. The summed E-state index contributed by atoms with van der Waals surface area (Å²) in [5.41, 5.74) is 1.52. The number of likely N-dealkylation sites (tertiary alicyclic amines) is 1. The zero-order valence-corrected chi connectivity index (χ0v) is 15.8. The van der Waals surface area contributed by atoms with Crippen molar-refractivity contribution in [1.82, 2.24) is 20.7 Å².